The molecule has 0 heterocycles. The molecular weight excluding hydrogens is 288 g/mol. The van der Waals surface area contributed by atoms with Gasteiger partial charge in [-0.1, -0.05) is 46.8 Å². The summed E-state index contributed by atoms with van der Waals surface area (Å²) < 4.78 is 0. The highest BCUT2D eigenvalue weighted by Gasteiger charge is 2.52. The highest BCUT2D eigenvalue weighted by molar-refractivity contribution is 5.03. The van der Waals surface area contributed by atoms with Crippen molar-refractivity contribution in [3.8, 4) is 0 Å². The molecule has 2 rings (SSSR count). The molecule has 0 nitrogen and oxygen atoms in total. The van der Waals surface area contributed by atoms with E-state index in [1.165, 1.54) is 51.4 Å². The van der Waals surface area contributed by atoms with Crippen LogP contribution in [-0.2, 0) is 0 Å². The minimum atomic E-state index is 0.586. The molecule has 0 heteroatoms. The van der Waals surface area contributed by atoms with E-state index in [0.29, 0.717) is 11.3 Å². The molecule has 2 saturated carbocycles. The summed E-state index contributed by atoms with van der Waals surface area (Å²) in [6, 6.07) is 0. The number of hydrogen-bond donors (Lipinski definition) is 0. The Hall–Kier alpha value is -0.740. The maximum atomic E-state index is 3.97. The lowest BCUT2D eigenvalue weighted by Crippen LogP contribution is -2.43. The Morgan fingerprint density at radius 3 is 2.62 bits per heavy atom. The third-order valence-electron chi connectivity index (χ3n) is 8.03. The van der Waals surface area contributed by atoms with E-state index in [1.807, 2.05) is 0 Å². The molecule has 0 N–H and O–H groups in total. The van der Waals surface area contributed by atoms with Crippen LogP contribution in [-0.4, -0.2) is 0 Å². The van der Waals surface area contributed by atoms with Crippen molar-refractivity contribution >= 4 is 0 Å². The van der Waals surface area contributed by atoms with Gasteiger partial charge < -0.3 is 0 Å². The van der Waals surface area contributed by atoms with Gasteiger partial charge in [0, 0.05) is 0 Å². The van der Waals surface area contributed by atoms with Crippen LogP contribution in [0, 0.1) is 40.9 Å². The molecule has 0 aromatic carbocycles. The minimum Gasteiger partial charge on any atom is -0.133 e. The van der Waals surface area contributed by atoms with Crippen LogP contribution >= 0.6 is 0 Å². The first kappa shape index (κ1) is 19.6. The second kappa shape index (κ2) is 8.57. The van der Waals surface area contributed by atoms with E-state index >= 15 is 0 Å². The molecule has 0 aromatic rings. The summed E-state index contributed by atoms with van der Waals surface area (Å²) in [6.45, 7) is 17.6. The molecule has 136 valence electrons. The summed E-state index contributed by atoms with van der Waals surface area (Å²) in [7, 11) is 0. The van der Waals surface area contributed by atoms with Crippen molar-refractivity contribution in [1.82, 2.24) is 0 Å². The van der Waals surface area contributed by atoms with Gasteiger partial charge in [0.25, 0.3) is 0 Å². The quantitative estimate of drug-likeness (QED) is 0.321. The maximum absolute atomic E-state index is 3.97. The van der Waals surface area contributed by atoms with Crippen LogP contribution in [0.4, 0.5) is 0 Å². The fourth-order valence-corrected chi connectivity index (χ4v) is 6.04. The largest absolute Gasteiger partial charge is 0.133 e. The molecule has 24 heavy (non-hydrogen) atoms. The lowest BCUT2D eigenvalue weighted by Gasteiger charge is -2.50. The van der Waals surface area contributed by atoms with Crippen LogP contribution in [0.5, 0.6) is 0 Å². The Morgan fingerprint density at radius 2 is 2.00 bits per heavy atom. The highest BCUT2D eigenvalue weighted by atomic mass is 14.6. The van der Waals surface area contributed by atoms with Gasteiger partial charge in [-0.05, 0) is 91.9 Å². The van der Waals surface area contributed by atoms with Crippen molar-refractivity contribution in [3.63, 3.8) is 0 Å². The molecule has 2 aliphatic carbocycles. The van der Waals surface area contributed by atoms with Crippen LogP contribution < -0.4 is 0 Å². The van der Waals surface area contributed by atoms with Crippen molar-refractivity contribution < 1.29 is 0 Å². The number of hydrogen-bond acceptors (Lipinski definition) is 0. The van der Waals surface area contributed by atoms with Gasteiger partial charge in [0.2, 0.25) is 0 Å². The monoisotopic (exact) mass is 328 g/mol. The van der Waals surface area contributed by atoms with Crippen molar-refractivity contribution in [2.45, 2.75) is 79.1 Å². The Morgan fingerprint density at radius 1 is 1.25 bits per heavy atom. The van der Waals surface area contributed by atoms with Crippen LogP contribution in [0.2, 0.25) is 0 Å². The first-order chi connectivity index (χ1) is 11.5. The average molecular weight is 329 g/mol. The lowest BCUT2D eigenvalue weighted by molar-refractivity contribution is -0.00802. The van der Waals surface area contributed by atoms with E-state index < -0.39 is 0 Å². The van der Waals surface area contributed by atoms with Crippen molar-refractivity contribution in [3.05, 3.63) is 31.0 Å². The van der Waals surface area contributed by atoms with Crippen molar-refractivity contribution in [2.75, 3.05) is 0 Å². The molecule has 7 atom stereocenters. The summed E-state index contributed by atoms with van der Waals surface area (Å²) >= 11 is 0. The Labute approximate surface area is 151 Å². The zero-order valence-electron chi connectivity index (χ0n) is 16.7. The smallest absolute Gasteiger partial charge is 0.0240 e. The van der Waals surface area contributed by atoms with Gasteiger partial charge in [-0.3, -0.25) is 0 Å². The summed E-state index contributed by atoms with van der Waals surface area (Å²) in [5, 5.41) is 0. The van der Waals surface area contributed by atoms with E-state index in [2.05, 4.69) is 58.7 Å². The molecule has 0 aromatic heterocycles. The topological polar surface area (TPSA) is 0 Å². The summed E-state index contributed by atoms with van der Waals surface area (Å²) in [4.78, 5) is 0. The van der Waals surface area contributed by atoms with E-state index in [0.717, 1.165) is 29.6 Å². The fraction of sp³-hybridized carbons (Fsp3) is 0.792. The van der Waals surface area contributed by atoms with Crippen molar-refractivity contribution in [1.29, 1.82) is 0 Å². The van der Waals surface area contributed by atoms with E-state index in [-0.39, 0.29) is 0 Å². The molecule has 0 aliphatic heterocycles. The second-order valence-corrected chi connectivity index (χ2v) is 9.06. The van der Waals surface area contributed by atoms with E-state index in [4.69, 9.17) is 0 Å². The molecule has 0 saturated heterocycles. The Kier molecular flexibility index (Phi) is 6.99. The molecule has 2 fully saturated rings. The Bertz CT molecular complexity index is 455. The minimum absolute atomic E-state index is 0.586. The van der Waals surface area contributed by atoms with Crippen LogP contribution in [0.25, 0.3) is 0 Å². The first-order valence-electron chi connectivity index (χ1n) is 10.4. The summed E-state index contributed by atoms with van der Waals surface area (Å²) in [6.07, 6.45) is 15.3. The normalized spacial score (nSPS) is 38.0. The van der Waals surface area contributed by atoms with Crippen LogP contribution in [0.15, 0.2) is 31.0 Å². The third-order valence-corrected chi connectivity index (χ3v) is 8.03. The number of fused-ring (bicyclic) bond motifs is 1. The van der Waals surface area contributed by atoms with Gasteiger partial charge >= 0.3 is 0 Å². The summed E-state index contributed by atoms with van der Waals surface area (Å²) in [5.41, 5.74) is 3.65. The van der Waals surface area contributed by atoms with Crippen LogP contribution in [0.1, 0.15) is 79.1 Å². The van der Waals surface area contributed by atoms with Gasteiger partial charge in [0.1, 0.15) is 0 Å². The molecule has 0 bridgehead atoms. The number of allylic oxidation sites excluding steroid dienone is 2. The van der Waals surface area contributed by atoms with Gasteiger partial charge in [0.05, 0.1) is 0 Å². The van der Waals surface area contributed by atoms with Crippen molar-refractivity contribution in [2.24, 2.45) is 40.9 Å². The van der Waals surface area contributed by atoms with Gasteiger partial charge in [0.15, 0.2) is 0 Å². The predicted molar refractivity (Wildman–Crippen MR) is 107 cm³/mol. The average Bonchev–Trinajstić information content (AvgIpc) is 2.89. The molecule has 0 amide bonds. The molecule has 0 spiro atoms. The summed E-state index contributed by atoms with van der Waals surface area (Å²) in [5.74, 6) is 5.12. The fourth-order valence-electron chi connectivity index (χ4n) is 6.04. The molecule has 0 radical (unpaired) electrons. The van der Waals surface area contributed by atoms with E-state index in [9.17, 15) is 0 Å². The predicted octanol–water partition coefficient (Wildman–Crippen LogP) is 7.42. The van der Waals surface area contributed by atoms with Gasteiger partial charge in [-0.15, -0.1) is 12.3 Å². The zero-order valence-corrected chi connectivity index (χ0v) is 16.7. The molecule has 7 unspecified atom stereocenters. The third kappa shape index (κ3) is 3.91. The Balaban J connectivity index is 2.17. The standard InChI is InChI=1S/C24H40/c1-7-10-11-22-21(20(9-3)14-12-18(4)8-2)16-17-24(6)19(5)13-15-23(22)24/h8,10,18-23H,1-2,9,11-17H2,3-6H3. The second-order valence-electron chi connectivity index (χ2n) is 9.06. The van der Waals surface area contributed by atoms with E-state index in [1.54, 1.807) is 0 Å². The zero-order chi connectivity index (χ0) is 17.7. The first-order valence-corrected chi connectivity index (χ1v) is 10.4. The molecular formula is C24H40. The number of rotatable bonds is 8. The highest BCUT2D eigenvalue weighted by Crippen LogP contribution is 2.61. The van der Waals surface area contributed by atoms with Crippen LogP contribution in [0.3, 0.4) is 0 Å². The molecule has 2 aliphatic rings. The lowest BCUT2D eigenvalue weighted by atomic mass is 9.55. The van der Waals surface area contributed by atoms with Gasteiger partial charge in [-0.2, -0.15) is 0 Å². The van der Waals surface area contributed by atoms with Gasteiger partial charge in [-0.25, -0.2) is 0 Å². The maximum Gasteiger partial charge on any atom is -0.0240 e. The SMILES string of the molecule is C=C=CCC1C(C(CC)CCC(C)C=C)CCC2(C)C(C)CCC12.